The molecule has 0 N–H and O–H groups in total. The van der Waals surface area contributed by atoms with Crippen molar-refractivity contribution >= 4 is 97.8 Å². The molecular weight excluding hydrogens is 777 g/mol. The van der Waals surface area contributed by atoms with Gasteiger partial charge in [0.15, 0.2) is 0 Å². The summed E-state index contributed by atoms with van der Waals surface area (Å²) in [6.45, 7) is 9.31. The fraction of sp³-hybridized carbons (Fsp3) is 0.593. The minimum atomic E-state index is 1.24. The summed E-state index contributed by atoms with van der Waals surface area (Å²) < 4.78 is 6.32. The highest BCUT2D eigenvalue weighted by Crippen LogP contribution is 2.44. The Morgan fingerprint density at radius 2 is 0.638 bits per heavy atom. The Bertz CT molecular complexity index is 1960. The molecule has 0 spiro atoms. The zero-order chi connectivity index (χ0) is 40.4. The summed E-state index contributed by atoms with van der Waals surface area (Å²) in [7, 11) is 0. The molecule has 0 aliphatic rings. The highest BCUT2D eigenvalue weighted by Gasteiger charge is 2.20. The van der Waals surface area contributed by atoms with Crippen LogP contribution in [0.1, 0.15) is 214 Å². The monoisotopic (exact) mass is 852 g/mol. The molecule has 0 nitrogen and oxygen atoms in total. The second-order valence-corrected chi connectivity index (χ2v) is 21.4. The molecule has 6 aromatic rings. The molecule has 4 heteroatoms. The van der Waals surface area contributed by atoms with E-state index in [0.29, 0.717) is 0 Å². The maximum Gasteiger partial charge on any atom is 0.0390 e. The van der Waals surface area contributed by atoms with E-state index in [1.165, 1.54) is 211 Å². The predicted molar refractivity (Wildman–Crippen MR) is 272 cm³/mol. The molecule has 2 aromatic carbocycles. The molecule has 0 saturated heterocycles. The van der Waals surface area contributed by atoms with Crippen molar-refractivity contribution in [2.24, 2.45) is 0 Å². The number of thiophene rings is 4. The minimum Gasteiger partial charge on any atom is -0.143 e. The van der Waals surface area contributed by atoms with Crippen LogP contribution in [0, 0.1) is 0 Å². The maximum absolute atomic E-state index is 2.54. The molecule has 316 valence electrons. The molecular formula is C54H76S4. The van der Waals surface area contributed by atoms with Gasteiger partial charge in [-0.3, -0.25) is 0 Å². The van der Waals surface area contributed by atoms with Crippen LogP contribution >= 0.6 is 45.3 Å². The lowest BCUT2D eigenvalue weighted by Crippen LogP contribution is -1.97. The lowest BCUT2D eigenvalue weighted by atomic mass is 9.93. The van der Waals surface area contributed by atoms with Gasteiger partial charge >= 0.3 is 0 Å². The maximum atomic E-state index is 2.54. The number of hydrogen-bond donors (Lipinski definition) is 0. The molecule has 0 amide bonds. The van der Waals surface area contributed by atoms with Gasteiger partial charge in [0.1, 0.15) is 0 Å². The zero-order valence-electron chi connectivity index (χ0n) is 37.1. The lowest BCUT2D eigenvalue weighted by Gasteiger charge is -2.14. The van der Waals surface area contributed by atoms with E-state index in [9.17, 15) is 0 Å². The summed E-state index contributed by atoms with van der Waals surface area (Å²) >= 11 is 8.15. The van der Waals surface area contributed by atoms with Gasteiger partial charge in [-0.15, -0.1) is 45.3 Å². The first-order valence-electron chi connectivity index (χ1n) is 24.2. The SMILES string of the molecule is CCCCCCCCc1c(CCCCCCCC)c2sc(/C=C/c3cc4c(s3)c(CCCCCCCC)c(CCCCCCCC)c3sccc34)cc2c2ccsc12. The average Bonchev–Trinajstić information content (AvgIpc) is 4.06. The highest BCUT2D eigenvalue weighted by atomic mass is 32.1. The van der Waals surface area contributed by atoms with Crippen LogP contribution in [0.3, 0.4) is 0 Å². The average molecular weight is 853 g/mol. The van der Waals surface area contributed by atoms with Gasteiger partial charge in [-0.2, -0.15) is 0 Å². The van der Waals surface area contributed by atoms with E-state index in [-0.39, 0.29) is 0 Å². The molecule has 0 bridgehead atoms. The van der Waals surface area contributed by atoms with Crippen LogP contribution in [0.5, 0.6) is 0 Å². The van der Waals surface area contributed by atoms with Crippen LogP contribution in [-0.4, -0.2) is 0 Å². The third kappa shape index (κ3) is 12.3. The quantitative estimate of drug-likeness (QED) is 0.0396. The lowest BCUT2D eigenvalue weighted by molar-refractivity contribution is 0.601. The molecule has 4 aromatic heterocycles. The van der Waals surface area contributed by atoms with Gasteiger partial charge in [0.25, 0.3) is 0 Å². The van der Waals surface area contributed by atoms with Crippen LogP contribution < -0.4 is 0 Å². The molecule has 0 aliphatic heterocycles. The van der Waals surface area contributed by atoms with Crippen molar-refractivity contribution in [1.29, 1.82) is 0 Å². The summed E-state index contributed by atoms with van der Waals surface area (Å²) in [5.41, 5.74) is 6.77. The Labute approximate surface area is 369 Å². The number of fused-ring (bicyclic) bond motifs is 6. The highest BCUT2D eigenvalue weighted by molar-refractivity contribution is 7.22. The Morgan fingerprint density at radius 1 is 0.345 bits per heavy atom. The number of rotatable bonds is 30. The van der Waals surface area contributed by atoms with E-state index >= 15 is 0 Å². The summed E-state index contributed by atoms with van der Waals surface area (Å²) in [6, 6.07) is 9.93. The van der Waals surface area contributed by atoms with Gasteiger partial charge in [-0.05, 0) is 121 Å². The first-order valence-corrected chi connectivity index (χ1v) is 27.6. The molecule has 4 heterocycles. The molecule has 0 aliphatic carbocycles. The largest absolute Gasteiger partial charge is 0.143 e. The topological polar surface area (TPSA) is 0 Å². The summed E-state index contributed by atoms with van der Waals surface area (Å²) in [5.74, 6) is 0. The molecule has 0 atom stereocenters. The minimum absolute atomic E-state index is 1.24. The van der Waals surface area contributed by atoms with E-state index in [4.69, 9.17) is 0 Å². The molecule has 0 unspecified atom stereocenters. The molecule has 0 radical (unpaired) electrons. The number of aryl methyl sites for hydroxylation is 4. The fourth-order valence-corrected chi connectivity index (χ4v) is 13.8. The first-order chi connectivity index (χ1) is 28.7. The molecule has 0 fully saturated rings. The van der Waals surface area contributed by atoms with Crippen molar-refractivity contribution in [1.82, 2.24) is 0 Å². The number of hydrogen-bond acceptors (Lipinski definition) is 4. The van der Waals surface area contributed by atoms with E-state index in [1.807, 2.05) is 22.7 Å². The van der Waals surface area contributed by atoms with Gasteiger partial charge in [0.05, 0.1) is 0 Å². The second-order valence-electron chi connectivity index (χ2n) is 17.4. The Hall–Kier alpha value is -1.98. The van der Waals surface area contributed by atoms with Crippen molar-refractivity contribution in [3.8, 4) is 0 Å². The number of benzene rings is 2. The third-order valence-electron chi connectivity index (χ3n) is 12.8. The van der Waals surface area contributed by atoms with Crippen molar-refractivity contribution < 1.29 is 0 Å². The van der Waals surface area contributed by atoms with Gasteiger partial charge in [0.2, 0.25) is 0 Å². The van der Waals surface area contributed by atoms with Crippen LogP contribution in [0.25, 0.3) is 52.5 Å². The van der Waals surface area contributed by atoms with E-state index in [1.54, 1.807) is 41.1 Å². The smallest absolute Gasteiger partial charge is 0.0390 e. The first kappa shape index (κ1) is 45.5. The van der Waals surface area contributed by atoms with Crippen molar-refractivity contribution in [3.05, 3.63) is 67.0 Å². The van der Waals surface area contributed by atoms with Gasteiger partial charge < -0.3 is 0 Å². The molecule has 0 saturated carbocycles. The Kier molecular flexibility index (Phi) is 19.7. The zero-order valence-corrected chi connectivity index (χ0v) is 40.3. The second kappa shape index (κ2) is 25.1. The van der Waals surface area contributed by atoms with Crippen LogP contribution in [0.15, 0.2) is 35.0 Å². The van der Waals surface area contributed by atoms with Crippen LogP contribution in [-0.2, 0) is 25.7 Å². The summed E-state index contributed by atoms with van der Waals surface area (Å²) in [6.07, 6.45) is 42.6. The van der Waals surface area contributed by atoms with Gasteiger partial charge in [-0.25, -0.2) is 0 Å². The van der Waals surface area contributed by atoms with Crippen LogP contribution in [0.2, 0.25) is 0 Å². The van der Waals surface area contributed by atoms with E-state index < -0.39 is 0 Å². The van der Waals surface area contributed by atoms with Crippen molar-refractivity contribution in [3.63, 3.8) is 0 Å². The van der Waals surface area contributed by atoms with Crippen molar-refractivity contribution in [2.45, 2.75) is 207 Å². The fourth-order valence-electron chi connectivity index (χ4n) is 9.44. The summed E-state index contributed by atoms with van der Waals surface area (Å²) in [5, 5.41) is 10.7. The van der Waals surface area contributed by atoms with E-state index in [0.717, 1.165) is 0 Å². The van der Waals surface area contributed by atoms with Gasteiger partial charge in [-0.1, -0.05) is 156 Å². The normalized spacial score (nSPS) is 12.3. The summed E-state index contributed by atoms with van der Waals surface area (Å²) in [4.78, 5) is 2.83. The molecule has 58 heavy (non-hydrogen) atoms. The van der Waals surface area contributed by atoms with Crippen molar-refractivity contribution in [2.75, 3.05) is 0 Å². The standard InChI is InChI=1S/C54H76S4/c1-5-9-13-17-21-25-29-43-45(31-27-23-19-15-11-7-3)53-49(47-35-37-55-51(43)47)39-41(57-53)33-34-42-40-50-48-36-38-56-52(48)44(30-26-22-18-14-10-6-2)46(54(50)58-42)32-28-24-20-16-12-8-4/h33-40H,5-32H2,1-4H3/b34-33+. The number of unbranched alkanes of at least 4 members (excludes halogenated alkanes) is 20. The van der Waals surface area contributed by atoms with E-state index in [2.05, 4.69) is 97.5 Å². The van der Waals surface area contributed by atoms with Crippen LogP contribution in [0.4, 0.5) is 0 Å². The van der Waals surface area contributed by atoms with Gasteiger partial charge in [0, 0.05) is 50.1 Å². The Balaban J connectivity index is 1.30. The Morgan fingerprint density at radius 3 is 0.966 bits per heavy atom. The molecule has 6 rings (SSSR count). The predicted octanol–water partition coefficient (Wildman–Crippen LogP) is 20.3. The third-order valence-corrected chi connectivity index (χ3v) is 17.0.